The summed E-state index contributed by atoms with van der Waals surface area (Å²) in [6.07, 6.45) is 2.49. The molecule has 0 aliphatic carbocycles. The van der Waals surface area contributed by atoms with Crippen molar-refractivity contribution < 1.29 is 0 Å². The Morgan fingerprint density at radius 2 is 2.12 bits per heavy atom. The van der Waals surface area contributed by atoms with Crippen LogP contribution in [-0.4, -0.2) is 19.1 Å². The first-order valence-corrected chi connectivity index (χ1v) is 6.68. The molecule has 0 amide bonds. The highest BCUT2D eigenvalue weighted by Gasteiger charge is 2.19. The predicted octanol–water partition coefficient (Wildman–Crippen LogP) is 2.73. The van der Waals surface area contributed by atoms with Crippen LogP contribution in [0.4, 0.5) is 5.69 Å². The second-order valence-corrected chi connectivity index (χ2v) is 5.52. The SMILES string of the molecule is Cc1ccc2c(c1)CCCN2CC(C)C(C)N. The first kappa shape index (κ1) is 12.4. The smallest absolute Gasteiger partial charge is 0.0399 e. The maximum Gasteiger partial charge on any atom is 0.0399 e. The monoisotopic (exact) mass is 232 g/mol. The molecule has 2 N–H and O–H groups in total. The van der Waals surface area contributed by atoms with Gasteiger partial charge in [0.25, 0.3) is 0 Å². The maximum absolute atomic E-state index is 5.97. The zero-order valence-corrected chi connectivity index (χ0v) is 11.2. The van der Waals surface area contributed by atoms with Crippen molar-refractivity contribution in [3.63, 3.8) is 0 Å². The van der Waals surface area contributed by atoms with Crippen LogP contribution in [0.1, 0.15) is 31.4 Å². The number of nitrogens with two attached hydrogens (primary N) is 1. The number of nitrogens with zero attached hydrogens (tertiary/aromatic N) is 1. The van der Waals surface area contributed by atoms with Crippen LogP contribution in [0.3, 0.4) is 0 Å². The number of fused-ring (bicyclic) bond motifs is 1. The van der Waals surface area contributed by atoms with E-state index < -0.39 is 0 Å². The Morgan fingerprint density at radius 3 is 2.82 bits per heavy atom. The minimum atomic E-state index is 0.269. The molecule has 0 aromatic heterocycles. The Labute approximate surface area is 105 Å². The standard InChI is InChI=1S/C15H24N2/c1-11-6-7-15-14(9-11)5-4-8-17(15)10-12(2)13(3)16/h6-7,9,12-13H,4-5,8,10,16H2,1-3H3. The molecule has 94 valence electrons. The molecule has 0 spiro atoms. The molecule has 1 aromatic carbocycles. The Kier molecular flexibility index (Phi) is 3.72. The summed E-state index contributed by atoms with van der Waals surface area (Å²) in [4.78, 5) is 2.51. The highest BCUT2D eigenvalue weighted by atomic mass is 15.1. The van der Waals surface area contributed by atoms with E-state index >= 15 is 0 Å². The largest absolute Gasteiger partial charge is 0.371 e. The van der Waals surface area contributed by atoms with Gasteiger partial charge in [0.05, 0.1) is 0 Å². The van der Waals surface area contributed by atoms with E-state index in [1.807, 2.05) is 0 Å². The van der Waals surface area contributed by atoms with Crippen LogP contribution in [0, 0.1) is 12.8 Å². The van der Waals surface area contributed by atoms with Crippen molar-refractivity contribution >= 4 is 5.69 Å². The molecule has 1 heterocycles. The highest BCUT2D eigenvalue weighted by molar-refractivity contribution is 5.56. The molecule has 0 saturated heterocycles. The molecule has 1 aromatic rings. The van der Waals surface area contributed by atoms with E-state index in [4.69, 9.17) is 5.73 Å². The fourth-order valence-electron chi connectivity index (χ4n) is 2.51. The molecule has 0 saturated carbocycles. The zero-order valence-electron chi connectivity index (χ0n) is 11.2. The summed E-state index contributed by atoms with van der Waals surface area (Å²) in [5, 5.41) is 0. The first-order chi connectivity index (χ1) is 8.08. The van der Waals surface area contributed by atoms with Crippen LogP contribution >= 0.6 is 0 Å². The number of hydrogen-bond acceptors (Lipinski definition) is 2. The molecule has 0 fully saturated rings. The summed E-state index contributed by atoms with van der Waals surface area (Å²) in [7, 11) is 0. The van der Waals surface area contributed by atoms with E-state index in [0.717, 1.165) is 6.54 Å². The highest BCUT2D eigenvalue weighted by Crippen LogP contribution is 2.28. The maximum atomic E-state index is 5.97. The van der Waals surface area contributed by atoms with Crippen molar-refractivity contribution in [2.24, 2.45) is 11.7 Å². The second-order valence-electron chi connectivity index (χ2n) is 5.52. The van der Waals surface area contributed by atoms with Gasteiger partial charge in [-0.3, -0.25) is 0 Å². The third-order valence-electron chi connectivity index (χ3n) is 3.86. The molecule has 0 radical (unpaired) electrons. The van der Waals surface area contributed by atoms with Crippen LogP contribution in [0.25, 0.3) is 0 Å². The van der Waals surface area contributed by atoms with E-state index in [1.165, 1.54) is 36.2 Å². The number of rotatable bonds is 3. The Hall–Kier alpha value is -1.02. The lowest BCUT2D eigenvalue weighted by Crippen LogP contribution is -2.38. The van der Waals surface area contributed by atoms with Gasteiger partial charge in [-0.05, 0) is 44.2 Å². The topological polar surface area (TPSA) is 29.3 Å². The quantitative estimate of drug-likeness (QED) is 0.868. The van der Waals surface area contributed by atoms with Crippen molar-refractivity contribution in [3.05, 3.63) is 29.3 Å². The second kappa shape index (κ2) is 5.09. The fraction of sp³-hybridized carbons (Fsp3) is 0.600. The third-order valence-corrected chi connectivity index (χ3v) is 3.86. The zero-order chi connectivity index (χ0) is 12.4. The average molecular weight is 232 g/mol. The molecule has 2 rings (SSSR count). The van der Waals surface area contributed by atoms with Gasteiger partial charge in [0.15, 0.2) is 0 Å². The van der Waals surface area contributed by atoms with E-state index in [1.54, 1.807) is 0 Å². The third kappa shape index (κ3) is 2.81. The van der Waals surface area contributed by atoms with E-state index in [9.17, 15) is 0 Å². The van der Waals surface area contributed by atoms with Gasteiger partial charge in [-0.1, -0.05) is 24.6 Å². The van der Waals surface area contributed by atoms with Gasteiger partial charge in [0, 0.05) is 24.8 Å². The molecule has 1 aliphatic heterocycles. The van der Waals surface area contributed by atoms with Gasteiger partial charge in [0.2, 0.25) is 0 Å². The summed E-state index contributed by atoms with van der Waals surface area (Å²) in [5.74, 6) is 0.544. The molecule has 2 heteroatoms. The Morgan fingerprint density at radius 1 is 1.35 bits per heavy atom. The minimum Gasteiger partial charge on any atom is -0.371 e. The molecule has 0 bridgehead atoms. The van der Waals surface area contributed by atoms with Crippen molar-refractivity contribution in [1.82, 2.24) is 0 Å². The van der Waals surface area contributed by atoms with E-state index in [-0.39, 0.29) is 6.04 Å². The van der Waals surface area contributed by atoms with Gasteiger partial charge < -0.3 is 10.6 Å². The van der Waals surface area contributed by atoms with Gasteiger partial charge >= 0.3 is 0 Å². The summed E-state index contributed by atoms with van der Waals surface area (Å²) in [6, 6.07) is 7.09. The van der Waals surface area contributed by atoms with Crippen molar-refractivity contribution in [2.45, 2.75) is 39.7 Å². The first-order valence-electron chi connectivity index (χ1n) is 6.68. The van der Waals surface area contributed by atoms with Crippen LogP contribution in [0.5, 0.6) is 0 Å². The minimum absolute atomic E-state index is 0.269. The lowest BCUT2D eigenvalue weighted by atomic mass is 9.97. The van der Waals surface area contributed by atoms with Gasteiger partial charge in [-0.2, -0.15) is 0 Å². The van der Waals surface area contributed by atoms with Crippen LogP contribution in [0.2, 0.25) is 0 Å². The normalized spacial score (nSPS) is 18.7. The lowest BCUT2D eigenvalue weighted by molar-refractivity contribution is 0.469. The molecule has 2 nitrogen and oxygen atoms in total. The van der Waals surface area contributed by atoms with Crippen molar-refractivity contribution in [3.8, 4) is 0 Å². The molecule has 2 unspecified atom stereocenters. The number of benzene rings is 1. The van der Waals surface area contributed by atoms with Crippen molar-refractivity contribution in [2.75, 3.05) is 18.0 Å². The molecule has 2 atom stereocenters. The fourth-order valence-corrected chi connectivity index (χ4v) is 2.51. The number of aryl methyl sites for hydroxylation is 2. The molecule has 17 heavy (non-hydrogen) atoms. The summed E-state index contributed by atoms with van der Waals surface area (Å²) in [6.45, 7) is 8.77. The van der Waals surface area contributed by atoms with Crippen LogP contribution in [0.15, 0.2) is 18.2 Å². The van der Waals surface area contributed by atoms with Gasteiger partial charge in [-0.25, -0.2) is 0 Å². The summed E-state index contributed by atoms with van der Waals surface area (Å²) < 4.78 is 0. The number of anilines is 1. The average Bonchev–Trinajstić information content (AvgIpc) is 2.28. The summed E-state index contributed by atoms with van der Waals surface area (Å²) in [5.41, 5.74) is 10.3. The predicted molar refractivity (Wildman–Crippen MR) is 74.5 cm³/mol. The van der Waals surface area contributed by atoms with Gasteiger partial charge in [-0.15, -0.1) is 0 Å². The molecular weight excluding hydrogens is 208 g/mol. The van der Waals surface area contributed by atoms with Crippen LogP contribution < -0.4 is 10.6 Å². The molecule has 1 aliphatic rings. The van der Waals surface area contributed by atoms with Crippen LogP contribution in [-0.2, 0) is 6.42 Å². The van der Waals surface area contributed by atoms with Crippen molar-refractivity contribution in [1.29, 1.82) is 0 Å². The number of hydrogen-bond donors (Lipinski definition) is 1. The van der Waals surface area contributed by atoms with Gasteiger partial charge in [0.1, 0.15) is 0 Å². The van der Waals surface area contributed by atoms with E-state index in [0.29, 0.717) is 5.92 Å². The Balaban J connectivity index is 2.17. The lowest BCUT2D eigenvalue weighted by Gasteiger charge is -2.34. The summed E-state index contributed by atoms with van der Waals surface area (Å²) >= 11 is 0. The van der Waals surface area contributed by atoms with E-state index in [2.05, 4.69) is 43.9 Å². The Bertz CT molecular complexity index is 385. The molecular formula is C15H24N2.